The number of likely N-dealkylation sites (N-methyl/N-ethyl adjacent to an activating group) is 2. The number of carboxylic acids is 1. The van der Waals surface area contributed by atoms with Gasteiger partial charge in [-0.15, -0.1) is 0 Å². The molecule has 19 heavy (non-hydrogen) atoms. The van der Waals surface area contributed by atoms with Crippen LogP contribution < -0.4 is 5.32 Å². The molecule has 0 radical (unpaired) electrons. The lowest BCUT2D eigenvalue weighted by Gasteiger charge is -2.34. The van der Waals surface area contributed by atoms with Crippen molar-refractivity contribution in [2.45, 2.75) is 38.3 Å². The lowest BCUT2D eigenvalue weighted by molar-refractivity contribution is -0.147. The number of carbonyl (C=O) groups is 3. The van der Waals surface area contributed by atoms with E-state index in [1.54, 1.807) is 0 Å². The van der Waals surface area contributed by atoms with Crippen LogP contribution in [0.3, 0.4) is 0 Å². The molecule has 2 N–H and O–H groups in total. The topological polar surface area (TPSA) is 90.0 Å². The van der Waals surface area contributed by atoms with Gasteiger partial charge in [-0.3, -0.25) is 4.79 Å². The van der Waals surface area contributed by atoms with E-state index >= 15 is 0 Å². The molecular weight excluding hydrogens is 250 g/mol. The Hall–Kier alpha value is -1.79. The molecule has 0 aromatic carbocycles. The molecule has 0 spiro atoms. The third-order valence-corrected chi connectivity index (χ3v) is 3.30. The fraction of sp³-hybridized carbons (Fsp3) is 0.750. The van der Waals surface area contributed by atoms with Crippen LogP contribution in [-0.4, -0.2) is 65.0 Å². The van der Waals surface area contributed by atoms with Crippen LogP contribution in [0.4, 0.5) is 4.79 Å². The number of aliphatic carboxylic acids is 1. The van der Waals surface area contributed by atoms with Crippen LogP contribution in [0.5, 0.6) is 0 Å². The van der Waals surface area contributed by atoms with Gasteiger partial charge in [0.2, 0.25) is 5.91 Å². The first-order chi connectivity index (χ1) is 8.66. The molecule has 3 amide bonds. The van der Waals surface area contributed by atoms with Gasteiger partial charge in [0, 0.05) is 20.1 Å². The van der Waals surface area contributed by atoms with Gasteiger partial charge in [0.15, 0.2) is 0 Å². The molecule has 0 atom stereocenters. The highest BCUT2D eigenvalue weighted by Gasteiger charge is 2.36. The van der Waals surface area contributed by atoms with Crippen LogP contribution in [0.1, 0.15) is 26.7 Å². The summed E-state index contributed by atoms with van der Waals surface area (Å²) >= 11 is 0. The largest absolute Gasteiger partial charge is 0.480 e. The summed E-state index contributed by atoms with van der Waals surface area (Å²) in [6, 6.07) is -0.262. The Balaban J connectivity index is 2.55. The number of carbonyl (C=O) groups excluding carboxylic acids is 2. The van der Waals surface area contributed by atoms with E-state index in [1.807, 2.05) is 0 Å². The van der Waals surface area contributed by atoms with Crippen LogP contribution in [0.2, 0.25) is 0 Å². The molecule has 0 aliphatic heterocycles. The van der Waals surface area contributed by atoms with E-state index in [2.05, 4.69) is 5.32 Å². The maximum absolute atomic E-state index is 12.0. The number of hydrogen-bond acceptors (Lipinski definition) is 3. The van der Waals surface area contributed by atoms with Crippen molar-refractivity contribution >= 4 is 17.9 Å². The highest BCUT2D eigenvalue weighted by Crippen LogP contribution is 2.18. The number of amides is 3. The maximum Gasteiger partial charge on any atom is 0.329 e. The summed E-state index contributed by atoms with van der Waals surface area (Å²) in [6.45, 7) is 2.80. The lowest BCUT2D eigenvalue weighted by Crippen LogP contribution is -2.55. The third-order valence-electron chi connectivity index (χ3n) is 3.30. The van der Waals surface area contributed by atoms with E-state index in [1.165, 1.54) is 32.8 Å². The zero-order valence-electron chi connectivity index (χ0n) is 11.8. The molecular formula is C12H21N3O4. The minimum atomic E-state index is -1.32. The molecule has 0 bridgehead atoms. The second-order valence-corrected chi connectivity index (χ2v) is 5.40. The summed E-state index contributed by atoms with van der Waals surface area (Å²) < 4.78 is 0. The van der Waals surface area contributed by atoms with Crippen molar-refractivity contribution < 1.29 is 19.5 Å². The Kier molecular flexibility index (Phi) is 4.39. The first kappa shape index (κ1) is 15.3. The van der Waals surface area contributed by atoms with Gasteiger partial charge >= 0.3 is 12.0 Å². The lowest BCUT2D eigenvalue weighted by atomic mass is 10.0. The molecule has 0 unspecified atom stereocenters. The molecule has 7 nitrogen and oxygen atoms in total. The van der Waals surface area contributed by atoms with Gasteiger partial charge in [-0.25, -0.2) is 9.59 Å². The van der Waals surface area contributed by atoms with Crippen molar-refractivity contribution in [2.75, 3.05) is 20.6 Å². The number of urea groups is 1. The smallest absolute Gasteiger partial charge is 0.329 e. The number of carboxylic acid groups (broad SMARTS) is 1. The molecule has 1 aliphatic carbocycles. The SMILES string of the molecule is CN(CC(=O)NC1CC1)C(=O)N(C)C(C)(C)C(=O)O. The average molecular weight is 271 g/mol. The summed E-state index contributed by atoms with van der Waals surface area (Å²) in [7, 11) is 2.88. The van der Waals surface area contributed by atoms with Gasteiger partial charge in [-0.1, -0.05) is 0 Å². The van der Waals surface area contributed by atoms with Crippen LogP contribution in [0.25, 0.3) is 0 Å². The fourth-order valence-corrected chi connectivity index (χ4v) is 1.42. The molecule has 0 aromatic rings. The van der Waals surface area contributed by atoms with Gasteiger partial charge < -0.3 is 20.2 Å². The summed E-state index contributed by atoms with van der Waals surface area (Å²) in [4.78, 5) is 37.0. The Morgan fingerprint density at radius 1 is 1.26 bits per heavy atom. The van der Waals surface area contributed by atoms with Crippen molar-refractivity contribution in [3.63, 3.8) is 0 Å². The van der Waals surface area contributed by atoms with Crippen molar-refractivity contribution in [3.05, 3.63) is 0 Å². The summed E-state index contributed by atoms with van der Waals surface area (Å²) in [6.07, 6.45) is 1.96. The number of hydrogen-bond donors (Lipinski definition) is 2. The Morgan fingerprint density at radius 3 is 2.21 bits per heavy atom. The van der Waals surface area contributed by atoms with Crippen LogP contribution in [0, 0.1) is 0 Å². The minimum Gasteiger partial charge on any atom is -0.480 e. The van der Waals surface area contributed by atoms with E-state index in [0.29, 0.717) is 0 Å². The first-order valence-corrected chi connectivity index (χ1v) is 6.18. The second kappa shape index (κ2) is 5.46. The summed E-state index contributed by atoms with van der Waals surface area (Å²) in [5.74, 6) is -1.32. The molecule has 0 heterocycles. The molecule has 0 aromatic heterocycles. The molecule has 108 valence electrons. The van der Waals surface area contributed by atoms with Crippen molar-refractivity contribution in [3.8, 4) is 0 Å². The molecule has 0 saturated heterocycles. The van der Waals surface area contributed by atoms with Crippen molar-refractivity contribution in [1.82, 2.24) is 15.1 Å². The molecule has 1 rings (SSSR count). The molecule has 1 aliphatic rings. The Morgan fingerprint density at radius 2 is 1.79 bits per heavy atom. The number of rotatable bonds is 5. The van der Waals surface area contributed by atoms with Crippen molar-refractivity contribution in [1.29, 1.82) is 0 Å². The van der Waals surface area contributed by atoms with Gasteiger partial charge in [0.05, 0.1) is 0 Å². The van der Waals surface area contributed by atoms with Gasteiger partial charge in [0.25, 0.3) is 0 Å². The van der Waals surface area contributed by atoms with Crippen molar-refractivity contribution in [2.24, 2.45) is 0 Å². The zero-order valence-corrected chi connectivity index (χ0v) is 11.8. The highest BCUT2D eigenvalue weighted by atomic mass is 16.4. The zero-order chi connectivity index (χ0) is 14.8. The third kappa shape index (κ3) is 3.84. The van der Waals surface area contributed by atoms with Crippen LogP contribution in [-0.2, 0) is 9.59 Å². The van der Waals surface area contributed by atoms with E-state index in [9.17, 15) is 14.4 Å². The number of nitrogens with one attached hydrogen (secondary N) is 1. The maximum atomic E-state index is 12.0. The van der Waals surface area contributed by atoms with E-state index in [0.717, 1.165) is 17.7 Å². The monoisotopic (exact) mass is 271 g/mol. The minimum absolute atomic E-state index is 0.0740. The highest BCUT2D eigenvalue weighted by molar-refractivity contribution is 5.88. The fourth-order valence-electron chi connectivity index (χ4n) is 1.42. The Labute approximate surface area is 112 Å². The average Bonchev–Trinajstić information content (AvgIpc) is 3.10. The number of nitrogens with zero attached hydrogens (tertiary/aromatic N) is 2. The Bertz CT molecular complexity index is 390. The normalized spacial score (nSPS) is 14.7. The summed E-state index contributed by atoms with van der Waals surface area (Å²) in [5, 5.41) is 11.8. The van der Waals surface area contributed by atoms with Gasteiger partial charge in [-0.05, 0) is 26.7 Å². The molecule has 7 heteroatoms. The van der Waals surface area contributed by atoms with Crippen LogP contribution >= 0.6 is 0 Å². The van der Waals surface area contributed by atoms with E-state index in [4.69, 9.17) is 5.11 Å². The standard InChI is InChI=1S/C12H21N3O4/c1-12(2,10(17)18)15(4)11(19)14(3)7-9(16)13-8-5-6-8/h8H,5-7H2,1-4H3,(H,13,16)(H,17,18). The summed E-state index contributed by atoms with van der Waals surface area (Å²) in [5.41, 5.74) is -1.32. The van der Waals surface area contributed by atoms with Gasteiger partial charge in [-0.2, -0.15) is 0 Å². The van der Waals surface area contributed by atoms with Crippen LogP contribution in [0.15, 0.2) is 0 Å². The van der Waals surface area contributed by atoms with Gasteiger partial charge in [0.1, 0.15) is 12.1 Å². The second-order valence-electron chi connectivity index (χ2n) is 5.40. The predicted molar refractivity (Wildman–Crippen MR) is 68.7 cm³/mol. The molecule has 1 fully saturated rings. The van der Waals surface area contributed by atoms with E-state index in [-0.39, 0.29) is 18.5 Å². The quantitative estimate of drug-likeness (QED) is 0.742. The molecule has 1 saturated carbocycles. The predicted octanol–water partition coefficient (Wildman–Crippen LogP) is 0.112. The first-order valence-electron chi connectivity index (χ1n) is 6.18. The van der Waals surface area contributed by atoms with E-state index < -0.39 is 17.5 Å².